The maximum absolute atomic E-state index is 11.8. The van der Waals surface area contributed by atoms with Gasteiger partial charge in [0.15, 0.2) is 0 Å². The van der Waals surface area contributed by atoms with Crippen LogP contribution in [-0.2, 0) is 11.2 Å². The molecule has 1 aromatic heterocycles. The summed E-state index contributed by atoms with van der Waals surface area (Å²) >= 11 is 0. The molecule has 1 aromatic carbocycles. The second-order valence-corrected chi connectivity index (χ2v) is 3.86. The molecule has 2 aromatic rings. The molecule has 0 aliphatic carbocycles. The molecule has 0 spiro atoms. The van der Waals surface area contributed by atoms with E-state index in [4.69, 9.17) is 10.5 Å². The molecule has 0 saturated heterocycles. The maximum atomic E-state index is 11.8. The molecule has 0 unspecified atom stereocenters. The molecule has 18 heavy (non-hydrogen) atoms. The topological polar surface area (TPSA) is 68.1 Å². The van der Waals surface area contributed by atoms with E-state index < -0.39 is 0 Å². The van der Waals surface area contributed by atoms with Crippen molar-refractivity contribution in [2.24, 2.45) is 0 Å². The number of carbonyl (C=O) groups is 1. The van der Waals surface area contributed by atoms with Crippen molar-refractivity contribution < 1.29 is 9.53 Å². The van der Waals surface area contributed by atoms with Crippen LogP contribution in [0.15, 0.2) is 18.2 Å². The molecular weight excluding hydrogens is 252 g/mol. The minimum atomic E-state index is -0.306. The first kappa shape index (κ1) is 14.4. The Labute approximate surface area is 112 Å². The van der Waals surface area contributed by atoms with Gasteiger partial charge in [0, 0.05) is 16.6 Å². The highest BCUT2D eigenvalue weighted by atomic mass is 35.5. The van der Waals surface area contributed by atoms with E-state index in [-0.39, 0.29) is 18.4 Å². The number of ether oxygens (including phenoxy) is 1. The van der Waals surface area contributed by atoms with Gasteiger partial charge in [-0.05, 0) is 37.1 Å². The predicted octanol–water partition coefficient (Wildman–Crippen LogP) is 2.91. The van der Waals surface area contributed by atoms with E-state index >= 15 is 0 Å². The molecule has 98 valence electrons. The van der Waals surface area contributed by atoms with Gasteiger partial charge in [-0.3, -0.25) is 0 Å². The van der Waals surface area contributed by atoms with Crippen LogP contribution in [0.3, 0.4) is 0 Å². The molecule has 5 heteroatoms. The average Bonchev–Trinajstić information content (AvgIpc) is 2.67. The average molecular weight is 269 g/mol. The minimum absolute atomic E-state index is 0. The highest BCUT2D eigenvalue weighted by Gasteiger charge is 2.17. The van der Waals surface area contributed by atoms with Crippen molar-refractivity contribution in [3.63, 3.8) is 0 Å². The fraction of sp³-hybridized carbons (Fsp3) is 0.308. The van der Waals surface area contributed by atoms with Gasteiger partial charge in [-0.2, -0.15) is 0 Å². The number of esters is 1. The molecule has 3 N–H and O–H groups in total. The number of hydrogen-bond donors (Lipinski definition) is 2. The number of fused-ring (bicyclic) bond motifs is 1. The first-order valence-corrected chi connectivity index (χ1v) is 5.74. The van der Waals surface area contributed by atoms with E-state index in [9.17, 15) is 4.79 Å². The Morgan fingerprint density at radius 1 is 1.39 bits per heavy atom. The van der Waals surface area contributed by atoms with Gasteiger partial charge in [0.1, 0.15) is 5.69 Å². The number of benzene rings is 1. The van der Waals surface area contributed by atoms with Crippen LogP contribution in [0.25, 0.3) is 10.9 Å². The third-order valence-corrected chi connectivity index (χ3v) is 2.76. The van der Waals surface area contributed by atoms with Crippen LogP contribution in [0.5, 0.6) is 0 Å². The first-order valence-electron chi connectivity index (χ1n) is 5.74. The number of nitrogen functional groups attached to an aromatic ring is 1. The monoisotopic (exact) mass is 268 g/mol. The van der Waals surface area contributed by atoms with Crippen LogP contribution >= 0.6 is 12.4 Å². The number of rotatable bonds is 3. The number of aromatic nitrogens is 1. The van der Waals surface area contributed by atoms with Crippen molar-refractivity contribution in [3.8, 4) is 0 Å². The van der Waals surface area contributed by atoms with Crippen LogP contribution in [0.1, 0.15) is 29.9 Å². The number of nitrogens with two attached hydrogens (primary N) is 1. The zero-order chi connectivity index (χ0) is 12.4. The summed E-state index contributed by atoms with van der Waals surface area (Å²) in [6.45, 7) is 4.18. The predicted molar refractivity (Wildman–Crippen MR) is 75.3 cm³/mol. The van der Waals surface area contributed by atoms with Crippen LogP contribution in [0, 0.1) is 0 Å². The van der Waals surface area contributed by atoms with E-state index in [1.165, 1.54) is 0 Å². The molecule has 0 aliphatic rings. The Hall–Kier alpha value is -1.68. The Balaban J connectivity index is 0.00000162. The quantitative estimate of drug-likeness (QED) is 0.664. The number of halogens is 1. The second-order valence-electron chi connectivity index (χ2n) is 3.86. The normalized spacial score (nSPS) is 10.1. The van der Waals surface area contributed by atoms with Crippen LogP contribution in [-0.4, -0.2) is 17.6 Å². The van der Waals surface area contributed by atoms with Crippen molar-refractivity contribution in [1.82, 2.24) is 4.98 Å². The third-order valence-electron chi connectivity index (χ3n) is 2.76. The molecular formula is C13H17ClN2O2. The number of aromatic amines is 1. The number of anilines is 1. The van der Waals surface area contributed by atoms with Gasteiger partial charge < -0.3 is 15.5 Å². The number of aryl methyl sites for hydroxylation is 1. The fourth-order valence-electron chi connectivity index (χ4n) is 2.01. The van der Waals surface area contributed by atoms with Crippen molar-refractivity contribution in [1.29, 1.82) is 0 Å². The van der Waals surface area contributed by atoms with E-state index in [0.717, 1.165) is 22.9 Å². The van der Waals surface area contributed by atoms with E-state index in [0.29, 0.717) is 18.0 Å². The molecule has 0 aliphatic heterocycles. The number of H-pyrrole nitrogens is 1. The molecule has 0 amide bonds. The summed E-state index contributed by atoms with van der Waals surface area (Å²) < 4.78 is 5.03. The summed E-state index contributed by atoms with van der Waals surface area (Å²) in [4.78, 5) is 14.9. The number of hydrogen-bond acceptors (Lipinski definition) is 3. The Kier molecular flexibility index (Phi) is 4.62. The van der Waals surface area contributed by atoms with Gasteiger partial charge in [0.05, 0.1) is 6.61 Å². The van der Waals surface area contributed by atoms with Gasteiger partial charge in [0.2, 0.25) is 0 Å². The first-order chi connectivity index (χ1) is 8.17. The van der Waals surface area contributed by atoms with Crippen molar-refractivity contribution >= 4 is 35.0 Å². The van der Waals surface area contributed by atoms with Gasteiger partial charge in [-0.15, -0.1) is 12.4 Å². The summed E-state index contributed by atoms with van der Waals surface area (Å²) in [5.41, 5.74) is 8.87. The lowest BCUT2D eigenvalue weighted by Crippen LogP contribution is -2.07. The lowest BCUT2D eigenvalue weighted by atomic mass is 10.1. The summed E-state index contributed by atoms with van der Waals surface area (Å²) in [5, 5.41) is 0.996. The lowest BCUT2D eigenvalue weighted by Gasteiger charge is -2.01. The molecule has 0 fully saturated rings. The summed E-state index contributed by atoms with van der Waals surface area (Å²) in [7, 11) is 0. The Bertz CT molecular complexity index is 563. The summed E-state index contributed by atoms with van der Waals surface area (Å²) in [5.74, 6) is -0.306. The number of nitrogens with one attached hydrogen (secondary N) is 1. The smallest absolute Gasteiger partial charge is 0.355 e. The molecule has 0 radical (unpaired) electrons. The van der Waals surface area contributed by atoms with Crippen molar-refractivity contribution in [2.45, 2.75) is 20.3 Å². The lowest BCUT2D eigenvalue weighted by molar-refractivity contribution is 0.0519. The zero-order valence-electron chi connectivity index (χ0n) is 10.4. The zero-order valence-corrected chi connectivity index (χ0v) is 11.3. The highest BCUT2D eigenvalue weighted by Crippen LogP contribution is 2.25. The summed E-state index contributed by atoms with van der Waals surface area (Å²) in [6.07, 6.45) is 0.762. The molecule has 2 rings (SSSR count). The van der Waals surface area contributed by atoms with Gasteiger partial charge >= 0.3 is 5.97 Å². The molecule has 1 heterocycles. The van der Waals surface area contributed by atoms with Crippen LogP contribution in [0.2, 0.25) is 0 Å². The van der Waals surface area contributed by atoms with Crippen LogP contribution < -0.4 is 5.73 Å². The molecule has 0 bridgehead atoms. The Morgan fingerprint density at radius 2 is 2.11 bits per heavy atom. The van der Waals surface area contributed by atoms with Crippen LogP contribution in [0.4, 0.5) is 5.69 Å². The molecule has 4 nitrogen and oxygen atoms in total. The number of carbonyl (C=O) groups excluding carboxylic acids is 1. The largest absolute Gasteiger partial charge is 0.461 e. The highest BCUT2D eigenvalue weighted by molar-refractivity contribution is 5.99. The van der Waals surface area contributed by atoms with E-state index in [1.54, 1.807) is 6.92 Å². The van der Waals surface area contributed by atoms with Gasteiger partial charge in [-0.1, -0.05) is 6.92 Å². The fourth-order valence-corrected chi connectivity index (χ4v) is 2.01. The van der Waals surface area contributed by atoms with Gasteiger partial charge in [-0.25, -0.2) is 4.79 Å². The minimum Gasteiger partial charge on any atom is -0.461 e. The standard InChI is InChI=1S/C13H16N2O2.ClH/c1-3-9-10-7-8(14)5-6-11(10)15-12(9)13(16)17-4-2;/h5-7,15H,3-4,14H2,1-2H3;1H. The van der Waals surface area contributed by atoms with E-state index in [2.05, 4.69) is 4.98 Å². The van der Waals surface area contributed by atoms with Crippen molar-refractivity contribution in [2.75, 3.05) is 12.3 Å². The molecule has 0 atom stereocenters. The van der Waals surface area contributed by atoms with E-state index in [1.807, 2.05) is 25.1 Å². The van der Waals surface area contributed by atoms with Crippen molar-refractivity contribution in [3.05, 3.63) is 29.5 Å². The third kappa shape index (κ3) is 2.43. The molecule has 0 saturated carbocycles. The Morgan fingerprint density at radius 3 is 2.72 bits per heavy atom. The summed E-state index contributed by atoms with van der Waals surface area (Å²) in [6, 6.07) is 5.58. The SMILES string of the molecule is CCOC(=O)c1[nH]c2ccc(N)cc2c1CC.Cl. The second kappa shape index (κ2) is 5.78. The van der Waals surface area contributed by atoms with Gasteiger partial charge in [0.25, 0.3) is 0 Å². The maximum Gasteiger partial charge on any atom is 0.355 e.